The van der Waals surface area contributed by atoms with Crippen LogP contribution in [0, 0.1) is 5.82 Å². The number of rotatable bonds is 6. The molecule has 1 aliphatic heterocycles. The Morgan fingerprint density at radius 2 is 1.89 bits per heavy atom. The van der Waals surface area contributed by atoms with E-state index in [0.29, 0.717) is 23.1 Å². The minimum atomic E-state index is -0.314. The van der Waals surface area contributed by atoms with E-state index in [1.54, 1.807) is 44.7 Å². The Kier molecular flexibility index (Phi) is 6.08. The fourth-order valence-electron chi connectivity index (χ4n) is 2.50. The number of amides is 1. The van der Waals surface area contributed by atoms with Crippen LogP contribution in [-0.2, 0) is 11.2 Å². The second kappa shape index (κ2) is 8.68. The maximum atomic E-state index is 13.0. The van der Waals surface area contributed by atoms with Crippen LogP contribution in [-0.4, -0.2) is 36.8 Å². The van der Waals surface area contributed by atoms with Gasteiger partial charge in [0.05, 0.1) is 25.7 Å². The van der Waals surface area contributed by atoms with Crippen molar-refractivity contribution in [2.24, 2.45) is 10.2 Å². The first-order chi connectivity index (χ1) is 13.1. The van der Waals surface area contributed by atoms with Crippen molar-refractivity contribution in [2.75, 3.05) is 14.2 Å². The van der Waals surface area contributed by atoms with E-state index in [1.807, 2.05) is 6.07 Å². The molecule has 0 bridgehead atoms. The third-order valence-corrected chi connectivity index (χ3v) is 4.95. The molecule has 1 atom stereocenters. The zero-order valence-corrected chi connectivity index (χ0v) is 15.6. The number of methoxy groups -OCH3 is 2. The topological polar surface area (TPSA) is 72.3 Å². The molecule has 1 saturated heterocycles. The van der Waals surface area contributed by atoms with E-state index in [-0.39, 0.29) is 17.0 Å². The van der Waals surface area contributed by atoms with Crippen molar-refractivity contribution in [2.45, 2.75) is 11.7 Å². The number of nitrogens with one attached hydrogen (secondary N) is 1. The molecule has 8 heteroatoms. The Bertz CT molecular complexity index is 884. The maximum Gasteiger partial charge on any atom is 0.239 e. The van der Waals surface area contributed by atoms with Crippen LogP contribution in [0.3, 0.4) is 0 Å². The van der Waals surface area contributed by atoms with Crippen molar-refractivity contribution in [3.63, 3.8) is 0 Å². The van der Waals surface area contributed by atoms with E-state index >= 15 is 0 Å². The Labute approximate surface area is 160 Å². The van der Waals surface area contributed by atoms with Crippen molar-refractivity contribution in [1.29, 1.82) is 0 Å². The minimum Gasteiger partial charge on any atom is -0.493 e. The van der Waals surface area contributed by atoms with E-state index < -0.39 is 0 Å². The quantitative estimate of drug-likeness (QED) is 0.611. The first kappa shape index (κ1) is 18.9. The van der Waals surface area contributed by atoms with Gasteiger partial charge in [0, 0.05) is 0 Å². The molecule has 27 heavy (non-hydrogen) atoms. The van der Waals surface area contributed by atoms with Crippen molar-refractivity contribution in [3.8, 4) is 11.5 Å². The van der Waals surface area contributed by atoms with E-state index in [9.17, 15) is 9.18 Å². The van der Waals surface area contributed by atoms with Crippen molar-refractivity contribution < 1.29 is 18.7 Å². The van der Waals surface area contributed by atoms with Crippen LogP contribution < -0.4 is 14.8 Å². The molecule has 0 radical (unpaired) electrons. The molecule has 0 aromatic heterocycles. The second-order valence-electron chi connectivity index (χ2n) is 5.69. The van der Waals surface area contributed by atoms with Crippen LogP contribution in [0.2, 0.25) is 0 Å². The molecule has 1 amide bonds. The highest BCUT2D eigenvalue weighted by Gasteiger charge is 2.30. The van der Waals surface area contributed by atoms with Crippen LogP contribution in [0.5, 0.6) is 11.5 Å². The third-order valence-electron chi connectivity index (χ3n) is 3.87. The van der Waals surface area contributed by atoms with Crippen molar-refractivity contribution in [1.82, 2.24) is 5.32 Å². The predicted molar refractivity (Wildman–Crippen MR) is 104 cm³/mol. The number of nitrogens with zero attached hydrogens (tertiary/aromatic N) is 2. The molecule has 0 saturated carbocycles. The summed E-state index contributed by atoms with van der Waals surface area (Å²) in [6.07, 6.45) is 2.06. The maximum absolute atomic E-state index is 13.0. The SMILES string of the molecule is COc1ccc(/C=N/N=C2NC(=O)C(Cc3ccc(F)cc3)S2)cc1OC. The molecule has 1 unspecified atom stereocenters. The first-order valence-corrected chi connectivity index (χ1v) is 9.02. The molecule has 3 rings (SSSR count). The fraction of sp³-hybridized carbons (Fsp3) is 0.211. The summed E-state index contributed by atoms with van der Waals surface area (Å²) in [5.41, 5.74) is 1.67. The number of carbonyl (C=O) groups is 1. The lowest BCUT2D eigenvalue weighted by Crippen LogP contribution is -2.25. The van der Waals surface area contributed by atoms with Gasteiger partial charge in [-0.3, -0.25) is 4.79 Å². The molecule has 0 aliphatic carbocycles. The molecule has 140 valence electrons. The van der Waals surface area contributed by atoms with Gasteiger partial charge in [0.1, 0.15) is 5.82 Å². The molecule has 6 nitrogen and oxygen atoms in total. The number of hydrogen-bond donors (Lipinski definition) is 1. The van der Waals surface area contributed by atoms with Gasteiger partial charge < -0.3 is 14.8 Å². The molecular formula is C19H18FN3O3S. The highest BCUT2D eigenvalue weighted by Crippen LogP contribution is 2.27. The Morgan fingerprint density at radius 1 is 1.15 bits per heavy atom. The lowest BCUT2D eigenvalue weighted by molar-refractivity contribution is -0.118. The molecule has 2 aromatic rings. The number of amidine groups is 1. The molecule has 1 N–H and O–H groups in total. The lowest BCUT2D eigenvalue weighted by atomic mass is 10.1. The summed E-state index contributed by atoms with van der Waals surface area (Å²) < 4.78 is 23.4. The lowest BCUT2D eigenvalue weighted by Gasteiger charge is -2.07. The van der Waals surface area contributed by atoms with Crippen LogP contribution in [0.1, 0.15) is 11.1 Å². The summed E-state index contributed by atoms with van der Waals surface area (Å²) in [6.45, 7) is 0. The van der Waals surface area contributed by atoms with Crippen LogP contribution in [0.15, 0.2) is 52.7 Å². The van der Waals surface area contributed by atoms with Crippen LogP contribution >= 0.6 is 11.8 Å². The fourth-order valence-corrected chi connectivity index (χ4v) is 3.47. The summed E-state index contributed by atoms with van der Waals surface area (Å²) in [5, 5.41) is 10.9. The van der Waals surface area contributed by atoms with Gasteiger partial charge >= 0.3 is 0 Å². The normalized spacial score (nSPS) is 18.1. The molecular weight excluding hydrogens is 369 g/mol. The standard InChI is InChI=1S/C19H18FN3O3S/c1-25-15-8-5-13(9-16(15)26-2)11-21-23-19-22-18(24)17(27-19)10-12-3-6-14(20)7-4-12/h3-9,11,17H,10H2,1-2H3,(H,22,23,24)/b21-11+. The van der Waals surface area contributed by atoms with Crippen molar-refractivity contribution in [3.05, 3.63) is 59.4 Å². The van der Waals surface area contributed by atoms with E-state index in [1.165, 1.54) is 23.9 Å². The van der Waals surface area contributed by atoms with Gasteiger partial charge in [-0.05, 0) is 47.9 Å². The van der Waals surface area contributed by atoms with Gasteiger partial charge in [-0.25, -0.2) is 4.39 Å². The summed E-state index contributed by atoms with van der Waals surface area (Å²) in [6, 6.07) is 11.5. The second-order valence-corrected chi connectivity index (χ2v) is 6.88. The van der Waals surface area contributed by atoms with E-state index in [0.717, 1.165) is 11.1 Å². The Balaban J connectivity index is 1.63. The minimum absolute atomic E-state index is 0.135. The van der Waals surface area contributed by atoms with Crippen LogP contribution in [0.4, 0.5) is 4.39 Å². The summed E-state index contributed by atoms with van der Waals surface area (Å²) in [4.78, 5) is 12.1. The highest BCUT2D eigenvalue weighted by atomic mass is 32.2. The molecule has 2 aromatic carbocycles. The number of halogens is 1. The molecule has 0 spiro atoms. The number of benzene rings is 2. The smallest absolute Gasteiger partial charge is 0.239 e. The summed E-state index contributed by atoms with van der Waals surface area (Å²) in [7, 11) is 3.13. The number of hydrogen-bond acceptors (Lipinski definition) is 6. The van der Waals surface area contributed by atoms with Gasteiger partial charge in [0.15, 0.2) is 16.7 Å². The van der Waals surface area contributed by atoms with Gasteiger partial charge in [-0.2, -0.15) is 5.10 Å². The highest BCUT2D eigenvalue weighted by molar-refractivity contribution is 8.15. The molecule has 1 aliphatic rings. The average molecular weight is 387 g/mol. The van der Waals surface area contributed by atoms with Gasteiger partial charge in [0.25, 0.3) is 0 Å². The van der Waals surface area contributed by atoms with E-state index in [2.05, 4.69) is 15.5 Å². The zero-order chi connectivity index (χ0) is 19.2. The summed E-state index contributed by atoms with van der Waals surface area (Å²) >= 11 is 1.30. The third kappa shape index (κ3) is 4.85. The first-order valence-electron chi connectivity index (χ1n) is 8.14. The average Bonchev–Trinajstić information content (AvgIpc) is 3.02. The Hall–Kier alpha value is -2.87. The predicted octanol–water partition coefficient (Wildman–Crippen LogP) is 3.01. The van der Waals surface area contributed by atoms with E-state index in [4.69, 9.17) is 9.47 Å². The number of thioether (sulfide) groups is 1. The Morgan fingerprint density at radius 3 is 2.59 bits per heavy atom. The molecule has 1 fully saturated rings. The number of carbonyl (C=O) groups excluding carboxylic acids is 1. The van der Waals surface area contributed by atoms with Gasteiger partial charge in [0.2, 0.25) is 5.91 Å². The van der Waals surface area contributed by atoms with Crippen molar-refractivity contribution >= 4 is 29.1 Å². The summed E-state index contributed by atoms with van der Waals surface area (Å²) in [5.74, 6) is 0.790. The monoisotopic (exact) mass is 387 g/mol. The zero-order valence-electron chi connectivity index (χ0n) is 14.8. The van der Waals surface area contributed by atoms with Crippen LogP contribution in [0.25, 0.3) is 0 Å². The molecule has 1 heterocycles. The van der Waals surface area contributed by atoms with Gasteiger partial charge in [-0.1, -0.05) is 23.9 Å². The largest absolute Gasteiger partial charge is 0.493 e. The number of ether oxygens (including phenoxy) is 2. The van der Waals surface area contributed by atoms with Gasteiger partial charge in [-0.15, -0.1) is 5.10 Å².